The van der Waals surface area contributed by atoms with Crippen molar-refractivity contribution in [1.82, 2.24) is 15.0 Å². The number of amides is 1. The molecule has 170 valence electrons. The molecular weight excluding hydrogens is 442 g/mol. The monoisotopic (exact) mass is 465 g/mol. The van der Waals surface area contributed by atoms with Gasteiger partial charge in [-0.2, -0.15) is 0 Å². The summed E-state index contributed by atoms with van der Waals surface area (Å²) in [6, 6.07) is 8.75. The molecule has 2 aromatic heterocycles. The lowest BCUT2D eigenvalue weighted by Crippen LogP contribution is -2.32. The van der Waals surface area contributed by atoms with Gasteiger partial charge in [-0.3, -0.25) is 24.2 Å². The molecule has 1 N–H and O–H groups in total. The second-order valence-corrected chi connectivity index (χ2v) is 10.6. The first-order valence-corrected chi connectivity index (χ1v) is 12.1. The molecule has 0 aliphatic carbocycles. The van der Waals surface area contributed by atoms with E-state index in [0.717, 1.165) is 17.4 Å². The largest absolute Gasteiger partial charge is 0.294 e. The number of benzene rings is 1. The first-order valence-electron chi connectivity index (χ1n) is 10.2. The highest BCUT2D eigenvalue weighted by molar-refractivity contribution is 7.92. The number of sulfonamides is 1. The van der Waals surface area contributed by atoms with Crippen LogP contribution in [-0.4, -0.2) is 41.3 Å². The number of allylic oxidation sites excluding steroid dienone is 1. The maximum atomic E-state index is 12.5. The minimum Gasteiger partial charge on any atom is -0.294 e. The molecule has 0 unspecified atom stereocenters. The van der Waals surface area contributed by atoms with Gasteiger partial charge in [0.25, 0.3) is 0 Å². The van der Waals surface area contributed by atoms with Crippen molar-refractivity contribution in [2.75, 3.05) is 15.9 Å². The number of rotatable bonds is 4. The lowest BCUT2D eigenvalue weighted by atomic mass is 9.95. The maximum absolute atomic E-state index is 12.5. The molecule has 3 aromatic rings. The number of fused-ring (bicyclic) bond motifs is 1. The zero-order valence-electron chi connectivity index (χ0n) is 18.7. The summed E-state index contributed by atoms with van der Waals surface area (Å²) in [7, 11) is -3.36. The van der Waals surface area contributed by atoms with Crippen LogP contribution in [0.2, 0.25) is 0 Å². The van der Waals surface area contributed by atoms with Crippen molar-refractivity contribution >= 4 is 44.3 Å². The van der Waals surface area contributed by atoms with Crippen LogP contribution in [-0.2, 0) is 25.0 Å². The number of carbonyl (C=O) groups is 2. The fraction of sp³-hybridized carbons (Fsp3) is 0.261. The third kappa shape index (κ3) is 4.90. The molecular formula is C23H23N5O4S. The van der Waals surface area contributed by atoms with Crippen molar-refractivity contribution in [3.8, 4) is 11.1 Å². The van der Waals surface area contributed by atoms with Gasteiger partial charge in [0.15, 0.2) is 11.6 Å². The molecule has 10 heteroatoms. The topological polar surface area (TPSA) is 122 Å². The molecule has 1 amide bonds. The summed E-state index contributed by atoms with van der Waals surface area (Å²) >= 11 is 0. The van der Waals surface area contributed by atoms with Crippen LogP contribution < -0.4 is 9.62 Å². The Bertz CT molecular complexity index is 1410. The van der Waals surface area contributed by atoms with Gasteiger partial charge in [0, 0.05) is 29.1 Å². The molecule has 4 rings (SSSR count). The summed E-state index contributed by atoms with van der Waals surface area (Å²) in [5.41, 5.74) is 2.65. The van der Waals surface area contributed by atoms with Crippen LogP contribution in [0, 0.1) is 0 Å². The summed E-state index contributed by atoms with van der Waals surface area (Å²) in [5.74, 6) is 0.240. The van der Waals surface area contributed by atoms with Gasteiger partial charge in [0.05, 0.1) is 18.2 Å². The number of aromatic nitrogens is 3. The first-order chi connectivity index (χ1) is 15.4. The van der Waals surface area contributed by atoms with E-state index in [1.807, 2.05) is 26.8 Å². The van der Waals surface area contributed by atoms with Gasteiger partial charge < -0.3 is 0 Å². The van der Waals surface area contributed by atoms with E-state index in [2.05, 4.69) is 14.7 Å². The minimum absolute atomic E-state index is 0.223. The second-order valence-electron chi connectivity index (χ2n) is 8.89. The highest BCUT2D eigenvalue weighted by Crippen LogP contribution is 2.31. The summed E-state index contributed by atoms with van der Waals surface area (Å²) in [5, 5.41) is 0. The third-order valence-corrected chi connectivity index (χ3v) is 5.55. The molecule has 0 atom stereocenters. The normalized spacial score (nSPS) is 14.7. The SMILES string of the molecule is CC(C)(C)c1nc(N2C=CC(=O)CC2=O)c2ncc(-c3ccc(NS(C)(=O)=O)cc3)cc2n1. The maximum Gasteiger partial charge on any atom is 0.240 e. The van der Waals surface area contributed by atoms with Gasteiger partial charge in [-0.25, -0.2) is 18.4 Å². The van der Waals surface area contributed by atoms with E-state index in [1.54, 1.807) is 30.5 Å². The molecule has 9 nitrogen and oxygen atoms in total. The van der Waals surface area contributed by atoms with Crippen LogP contribution in [0.5, 0.6) is 0 Å². The molecule has 0 saturated heterocycles. The van der Waals surface area contributed by atoms with Crippen LogP contribution in [0.3, 0.4) is 0 Å². The van der Waals surface area contributed by atoms with E-state index in [0.29, 0.717) is 28.4 Å². The van der Waals surface area contributed by atoms with Gasteiger partial charge in [0.2, 0.25) is 15.9 Å². The Balaban J connectivity index is 1.82. The van der Waals surface area contributed by atoms with Crippen molar-refractivity contribution in [1.29, 1.82) is 0 Å². The number of pyridine rings is 1. The van der Waals surface area contributed by atoms with E-state index >= 15 is 0 Å². The number of anilines is 2. The molecule has 3 heterocycles. The molecule has 0 bridgehead atoms. The quantitative estimate of drug-likeness (QED) is 0.587. The van der Waals surface area contributed by atoms with E-state index < -0.39 is 15.4 Å². The van der Waals surface area contributed by atoms with E-state index in [9.17, 15) is 18.0 Å². The van der Waals surface area contributed by atoms with Crippen LogP contribution >= 0.6 is 0 Å². The van der Waals surface area contributed by atoms with Crippen molar-refractivity contribution in [2.24, 2.45) is 0 Å². The van der Waals surface area contributed by atoms with Crippen molar-refractivity contribution < 1.29 is 18.0 Å². The smallest absolute Gasteiger partial charge is 0.240 e. The number of nitrogens with one attached hydrogen (secondary N) is 1. The summed E-state index contributed by atoms with van der Waals surface area (Å²) < 4.78 is 25.3. The number of hydrogen-bond acceptors (Lipinski definition) is 7. The van der Waals surface area contributed by atoms with Crippen molar-refractivity contribution in [2.45, 2.75) is 32.6 Å². The van der Waals surface area contributed by atoms with E-state index in [1.165, 1.54) is 17.2 Å². The predicted octanol–water partition coefficient (Wildman–Crippen LogP) is 3.18. The van der Waals surface area contributed by atoms with Crippen LogP contribution in [0.15, 0.2) is 48.8 Å². The first kappa shape index (κ1) is 22.5. The highest BCUT2D eigenvalue weighted by atomic mass is 32.2. The lowest BCUT2D eigenvalue weighted by Gasteiger charge is -2.24. The molecule has 0 radical (unpaired) electrons. The zero-order chi connectivity index (χ0) is 24.0. The Labute approximate surface area is 191 Å². The minimum atomic E-state index is -3.36. The molecule has 1 aliphatic rings. The van der Waals surface area contributed by atoms with Crippen LogP contribution in [0.4, 0.5) is 11.5 Å². The average Bonchev–Trinajstić information content (AvgIpc) is 2.71. The Morgan fingerprint density at radius 2 is 1.73 bits per heavy atom. The molecule has 0 spiro atoms. The average molecular weight is 466 g/mol. The molecule has 1 aromatic carbocycles. The molecule has 0 fully saturated rings. The van der Waals surface area contributed by atoms with Gasteiger partial charge in [-0.1, -0.05) is 32.9 Å². The molecule has 33 heavy (non-hydrogen) atoms. The molecule has 0 saturated carbocycles. The van der Waals surface area contributed by atoms with Crippen LogP contribution in [0.1, 0.15) is 33.0 Å². The molecule has 1 aliphatic heterocycles. The lowest BCUT2D eigenvalue weighted by molar-refractivity contribution is -0.124. The summed E-state index contributed by atoms with van der Waals surface area (Å²) in [6.45, 7) is 5.92. The highest BCUT2D eigenvalue weighted by Gasteiger charge is 2.27. The second kappa shape index (κ2) is 8.04. The van der Waals surface area contributed by atoms with Gasteiger partial charge >= 0.3 is 0 Å². The third-order valence-electron chi connectivity index (χ3n) is 4.94. The Hall–Kier alpha value is -3.66. The summed E-state index contributed by atoms with van der Waals surface area (Å²) in [4.78, 5) is 39.4. The standard InChI is InChI=1S/C23H23N5O4S/c1-23(2,3)22-25-18-11-15(14-5-7-16(8-6-14)27-33(4,31)32)13-24-20(18)21(26-22)28-10-9-17(29)12-19(28)30/h5-11,13,27H,12H2,1-4H3. The van der Waals surface area contributed by atoms with E-state index in [4.69, 9.17) is 4.98 Å². The Morgan fingerprint density at radius 1 is 1.03 bits per heavy atom. The summed E-state index contributed by atoms with van der Waals surface area (Å²) in [6.07, 6.45) is 5.29. The Kier molecular flexibility index (Phi) is 5.49. The number of hydrogen-bond donors (Lipinski definition) is 1. The number of carbonyl (C=O) groups excluding carboxylic acids is 2. The van der Waals surface area contributed by atoms with Gasteiger partial charge in [-0.05, 0) is 29.8 Å². The number of ketones is 1. The van der Waals surface area contributed by atoms with Crippen molar-refractivity contribution in [3.63, 3.8) is 0 Å². The fourth-order valence-electron chi connectivity index (χ4n) is 3.33. The van der Waals surface area contributed by atoms with Crippen LogP contribution in [0.25, 0.3) is 22.2 Å². The van der Waals surface area contributed by atoms with E-state index in [-0.39, 0.29) is 18.1 Å². The van der Waals surface area contributed by atoms with Gasteiger partial charge in [0.1, 0.15) is 11.3 Å². The number of nitrogens with zero attached hydrogens (tertiary/aromatic N) is 4. The predicted molar refractivity (Wildman–Crippen MR) is 126 cm³/mol. The zero-order valence-corrected chi connectivity index (χ0v) is 19.5. The fourth-order valence-corrected chi connectivity index (χ4v) is 3.90. The van der Waals surface area contributed by atoms with Gasteiger partial charge in [-0.15, -0.1) is 0 Å². The van der Waals surface area contributed by atoms with Crippen molar-refractivity contribution in [3.05, 3.63) is 54.6 Å². The Morgan fingerprint density at radius 3 is 2.33 bits per heavy atom.